The van der Waals surface area contributed by atoms with Gasteiger partial charge in [0.25, 0.3) is 0 Å². The Balaban J connectivity index is 2.63. The van der Waals surface area contributed by atoms with E-state index in [0.29, 0.717) is 0 Å². The summed E-state index contributed by atoms with van der Waals surface area (Å²) in [7, 11) is 0. The van der Waals surface area contributed by atoms with Crippen molar-refractivity contribution in [2.45, 2.75) is 6.92 Å². The number of amides is 1. The van der Waals surface area contributed by atoms with Crippen LogP contribution in [0.3, 0.4) is 0 Å². The highest BCUT2D eigenvalue weighted by Crippen LogP contribution is 2.26. The van der Waals surface area contributed by atoms with E-state index in [0.717, 1.165) is 16.5 Å². The lowest BCUT2D eigenvalue weighted by molar-refractivity contribution is -0.117. The monoisotopic (exact) mass is 215 g/mol. The summed E-state index contributed by atoms with van der Waals surface area (Å²) >= 11 is 0. The first-order valence-corrected chi connectivity index (χ1v) is 5.11. The topological polar surface area (TPSA) is 40.5 Å². The molecule has 0 spiro atoms. The highest BCUT2D eigenvalue weighted by Gasteiger charge is 2.12. The Hall–Kier alpha value is -1.87. The van der Waals surface area contributed by atoms with Crippen molar-refractivity contribution in [1.82, 2.24) is 0 Å². The quantitative estimate of drug-likeness (QED) is 0.780. The summed E-state index contributed by atoms with van der Waals surface area (Å²) in [4.78, 5) is 12.7. The minimum Gasteiger partial charge on any atom is -0.376 e. The van der Waals surface area contributed by atoms with E-state index in [-0.39, 0.29) is 12.6 Å². The van der Waals surface area contributed by atoms with Gasteiger partial charge < -0.3 is 5.11 Å². The second-order valence-corrected chi connectivity index (χ2v) is 3.59. The molecule has 0 atom stereocenters. The number of anilines is 1. The van der Waals surface area contributed by atoms with Gasteiger partial charge in [0, 0.05) is 12.3 Å². The van der Waals surface area contributed by atoms with Crippen LogP contribution in [-0.2, 0) is 4.79 Å². The van der Waals surface area contributed by atoms with Crippen LogP contribution in [0.25, 0.3) is 10.8 Å². The molecule has 0 fully saturated rings. The molecule has 82 valence electrons. The molecular formula is C13H13NO2. The number of hydrogen-bond donors (Lipinski definition) is 1. The molecule has 3 nitrogen and oxygen atoms in total. The van der Waals surface area contributed by atoms with Crippen molar-refractivity contribution in [2.75, 3.05) is 11.6 Å². The van der Waals surface area contributed by atoms with Crippen LogP contribution in [0, 0.1) is 0 Å². The van der Waals surface area contributed by atoms with E-state index < -0.39 is 0 Å². The van der Waals surface area contributed by atoms with Gasteiger partial charge in [0.2, 0.25) is 5.91 Å². The summed E-state index contributed by atoms with van der Waals surface area (Å²) in [5.74, 6) is -0.168. The molecule has 2 aromatic carbocycles. The number of rotatable bonds is 2. The molecule has 0 aliphatic heterocycles. The van der Waals surface area contributed by atoms with Gasteiger partial charge in [0.1, 0.15) is 6.73 Å². The number of fused-ring (bicyclic) bond motifs is 1. The van der Waals surface area contributed by atoms with Gasteiger partial charge in [-0.3, -0.25) is 9.69 Å². The van der Waals surface area contributed by atoms with Gasteiger partial charge in [-0.05, 0) is 11.5 Å². The molecule has 0 bridgehead atoms. The van der Waals surface area contributed by atoms with E-state index in [2.05, 4.69) is 0 Å². The normalized spacial score (nSPS) is 10.4. The van der Waals surface area contributed by atoms with E-state index in [1.165, 1.54) is 11.8 Å². The predicted molar refractivity (Wildman–Crippen MR) is 64.2 cm³/mol. The van der Waals surface area contributed by atoms with Crippen LogP contribution in [0.15, 0.2) is 42.5 Å². The molecule has 2 rings (SSSR count). The van der Waals surface area contributed by atoms with E-state index >= 15 is 0 Å². The van der Waals surface area contributed by atoms with Crippen LogP contribution in [0.4, 0.5) is 5.69 Å². The first-order chi connectivity index (χ1) is 7.74. The molecule has 0 aliphatic rings. The van der Waals surface area contributed by atoms with Gasteiger partial charge in [0.15, 0.2) is 0 Å². The largest absolute Gasteiger partial charge is 0.376 e. The van der Waals surface area contributed by atoms with Crippen LogP contribution >= 0.6 is 0 Å². The standard InChI is InChI=1S/C13H13NO2/c1-10(16)14(9-15)13-8-4-6-11-5-2-3-7-12(11)13/h2-8,15H,9H2,1H3. The zero-order chi connectivity index (χ0) is 11.5. The van der Waals surface area contributed by atoms with E-state index in [1.54, 1.807) is 0 Å². The summed E-state index contributed by atoms with van der Waals surface area (Å²) in [6.07, 6.45) is 0. The second kappa shape index (κ2) is 4.33. The molecule has 0 aromatic heterocycles. The molecule has 0 heterocycles. The lowest BCUT2D eigenvalue weighted by Crippen LogP contribution is -2.29. The first-order valence-electron chi connectivity index (χ1n) is 5.11. The van der Waals surface area contributed by atoms with Crippen LogP contribution in [0.1, 0.15) is 6.92 Å². The number of aliphatic hydroxyl groups is 1. The summed E-state index contributed by atoms with van der Waals surface area (Å²) in [6, 6.07) is 13.5. The Bertz CT molecular complexity index is 517. The zero-order valence-corrected chi connectivity index (χ0v) is 9.05. The molecule has 0 saturated heterocycles. The summed E-state index contributed by atoms with van der Waals surface area (Å²) in [5.41, 5.74) is 0.744. The molecule has 16 heavy (non-hydrogen) atoms. The van der Waals surface area contributed by atoms with Gasteiger partial charge >= 0.3 is 0 Å². The molecule has 1 amide bonds. The fraction of sp³-hybridized carbons (Fsp3) is 0.154. The average Bonchev–Trinajstić information content (AvgIpc) is 2.30. The van der Waals surface area contributed by atoms with Crippen LogP contribution in [0.2, 0.25) is 0 Å². The first kappa shape index (κ1) is 10.6. The van der Waals surface area contributed by atoms with Crippen molar-refractivity contribution in [2.24, 2.45) is 0 Å². The number of carbonyl (C=O) groups is 1. The third-order valence-corrected chi connectivity index (χ3v) is 2.58. The summed E-state index contributed by atoms with van der Waals surface area (Å²) in [5, 5.41) is 11.2. The molecule has 0 aliphatic carbocycles. The summed E-state index contributed by atoms with van der Waals surface area (Å²) < 4.78 is 0. The van der Waals surface area contributed by atoms with Gasteiger partial charge in [-0.2, -0.15) is 0 Å². The Morgan fingerprint density at radius 1 is 1.19 bits per heavy atom. The minimum absolute atomic E-state index is 0.168. The number of hydrogen-bond acceptors (Lipinski definition) is 2. The van der Waals surface area contributed by atoms with Crippen LogP contribution < -0.4 is 4.90 Å². The maximum Gasteiger partial charge on any atom is 0.225 e. The molecule has 3 heteroatoms. The number of aliphatic hydroxyl groups excluding tert-OH is 1. The third-order valence-electron chi connectivity index (χ3n) is 2.58. The smallest absolute Gasteiger partial charge is 0.225 e. The highest BCUT2D eigenvalue weighted by atomic mass is 16.3. The zero-order valence-electron chi connectivity index (χ0n) is 9.05. The van der Waals surface area contributed by atoms with Crippen molar-refractivity contribution >= 4 is 22.4 Å². The SMILES string of the molecule is CC(=O)N(CO)c1cccc2ccccc12. The lowest BCUT2D eigenvalue weighted by atomic mass is 10.1. The predicted octanol–water partition coefficient (Wildman–Crippen LogP) is 2.14. The lowest BCUT2D eigenvalue weighted by Gasteiger charge is -2.19. The molecule has 0 saturated carbocycles. The Morgan fingerprint density at radius 3 is 2.56 bits per heavy atom. The minimum atomic E-state index is -0.302. The molecule has 0 radical (unpaired) electrons. The van der Waals surface area contributed by atoms with Crippen molar-refractivity contribution in [1.29, 1.82) is 0 Å². The highest BCUT2D eigenvalue weighted by molar-refractivity contribution is 6.02. The number of nitrogens with zero attached hydrogens (tertiary/aromatic N) is 1. The fourth-order valence-electron chi connectivity index (χ4n) is 1.79. The Kier molecular flexibility index (Phi) is 2.88. The Morgan fingerprint density at radius 2 is 1.88 bits per heavy atom. The average molecular weight is 215 g/mol. The van der Waals surface area contributed by atoms with Gasteiger partial charge in [-0.25, -0.2) is 0 Å². The van der Waals surface area contributed by atoms with Crippen molar-refractivity contribution in [3.8, 4) is 0 Å². The van der Waals surface area contributed by atoms with Gasteiger partial charge in [0.05, 0.1) is 5.69 Å². The third kappa shape index (κ3) is 1.77. The number of benzene rings is 2. The van der Waals surface area contributed by atoms with E-state index in [4.69, 9.17) is 0 Å². The number of carbonyl (C=O) groups excluding carboxylic acids is 1. The van der Waals surface area contributed by atoms with Gasteiger partial charge in [-0.1, -0.05) is 36.4 Å². The summed E-state index contributed by atoms with van der Waals surface area (Å²) in [6.45, 7) is 1.14. The van der Waals surface area contributed by atoms with E-state index in [1.807, 2.05) is 42.5 Å². The molecular weight excluding hydrogens is 202 g/mol. The molecule has 2 aromatic rings. The second-order valence-electron chi connectivity index (χ2n) is 3.59. The van der Waals surface area contributed by atoms with Gasteiger partial charge in [-0.15, -0.1) is 0 Å². The molecule has 0 unspecified atom stereocenters. The maximum atomic E-state index is 11.4. The van der Waals surface area contributed by atoms with Crippen molar-refractivity contribution in [3.05, 3.63) is 42.5 Å². The fourth-order valence-corrected chi connectivity index (χ4v) is 1.79. The molecule has 1 N–H and O–H groups in total. The van der Waals surface area contributed by atoms with Crippen molar-refractivity contribution in [3.63, 3.8) is 0 Å². The van der Waals surface area contributed by atoms with E-state index in [9.17, 15) is 9.90 Å². The van der Waals surface area contributed by atoms with Crippen LogP contribution in [-0.4, -0.2) is 17.7 Å². The maximum absolute atomic E-state index is 11.4. The Labute approximate surface area is 93.9 Å². The van der Waals surface area contributed by atoms with Crippen LogP contribution in [0.5, 0.6) is 0 Å². The van der Waals surface area contributed by atoms with Crippen molar-refractivity contribution < 1.29 is 9.90 Å².